The van der Waals surface area contributed by atoms with E-state index in [4.69, 9.17) is 0 Å². The summed E-state index contributed by atoms with van der Waals surface area (Å²) in [5, 5.41) is 2.87. The SMILES string of the molecule is CCCCCCCCC(CCCCCC)Cn1c2ccc(C)cc2c2cc(C)ccc21. The first-order valence-corrected chi connectivity index (χ1v) is 13.1. The molecule has 0 saturated carbocycles. The molecule has 0 aliphatic carbocycles. The number of aryl methyl sites for hydroxylation is 2. The summed E-state index contributed by atoms with van der Waals surface area (Å²) in [5.41, 5.74) is 5.56. The molecule has 1 heterocycles. The van der Waals surface area contributed by atoms with Crippen LogP contribution in [0.2, 0.25) is 0 Å². The molecule has 0 bridgehead atoms. The van der Waals surface area contributed by atoms with Crippen molar-refractivity contribution in [3.63, 3.8) is 0 Å². The van der Waals surface area contributed by atoms with Gasteiger partial charge in [-0.25, -0.2) is 0 Å². The topological polar surface area (TPSA) is 4.93 Å². The fourth-order valence-electron chi connectivity index (χ4n) is 5.19. The monoisotopic (exact) mass is 419 g/mol. The third-order valence-electron chi connectivity index (χ3n) is 7.05. The molecule has 3 aromatic rings. The highest BCUT2D eigenvalue weighted by Crippen LogP contribution is 2.33. The van der Waals surface area contributed by atoms with Gasteiger partial charge in [0.1, 0.15) is 0 Å². The quantitative estimate of drug-likeness (QED) is 0.229. The highest BCUT2D eigenvalue weighted by atomic mass is 15.0. The summed E-state index contributed by atoms with van der Waals surface area (Å²) in [4.78, 5) is 0. The predicted molar refractivity (Wildman–Crippen MR) is 139 cm³/mol. The zero-order chi connectivity index (χ0) is 22.1. The highest BCUT2D eigenvalue weighted by molar-refractivity contribution is 6.08. The van der Waals surface area contributed by atoms with Gasteiger partial charge in [-0.1, -0.05) is 101 Å². The molecule has 3 rings (SSSR count). The summed E-state index contributed by atoms with van der Waals surface area (Å²) < 4.78 is 2.64. The van der Waals surface area contributed by atoms with E-state index in [1.807, 2.05) is 0 Å². The van der Waals surface area contributed by atoms with Gasteiger partial charge in [-0.3, -0.25) is 0 Å². The normalized spacial score (nSPS) is 12.8. The summed E-state index contributed by atoms with van der Waals surface area (Å²) in [5.74, 6) is 0.796. The summed E-state index contributed by atoms with van der Waals surface area (Å²) in [6.45, 7) is 10.2. The molecule has 0 radical (unpaired) electrons. The first-order chi connectivity index (χ1) is 15.1. The second-order valence-electron chi connectivity index (χ2n) is 9.92. The summed E-state index contributed by atoms with van der Waals surface area (Å²) in [6.07, 6.45) is 16.7. The molecule has 0 aliphatic heterocycles. The zero-order valence-corrected chi connectivity index (χ0v) is 20.7. The van der Waals surface area contributed by atoms with Gasteiger partial charge < -0.3 is 4.57 Å². The van der Waals surface area contributed by atoms with Crippen molar-refractivity contribution in [2.75, 3.05) is 0 Å². The van der Waals surface area contributed by atoms with E-state index < -0.39 is 0 Å². The van der Waals surface area contributed by atoms with E-state index in [-0.39, 0.29) is 0 Å². The Balaban J connectivity index is 1.79. The summed E-state index contributed by atoms with van der Waals surface area (Å²) in [6, 6.07) is 14.1. The van der Waals surface area contributed by atoms with Crippen molar-refractivity contribution in [3.05, 3.63) is 47.5 Å². The molecule has 1 heteroatoms. The number of hydrogen-bond donors (Lipinski definition) is 0. The van der Waals surface area contributed by atoms with E-state index in [2.05, 4.69) is 68.7 Å². The van der Waals surface area contributed by atoms with Crippen LogP contribution in [0.25, 0.3) is 21.8 Å². The van der Waals surface area contributed by atoms with E-state index in [0.717, 1.165) is 5.92 Å². The van der Waals surface area contributed by atoms with Crippen molar-refractivity contribution in [1.29, 1.82) is 0 Å². The molecule has 0 fully saturated rings. The van der Waals surface area contributed by atoms with Crippen molar-refractivity contribution in [1.82, 2.24) is 4.57 Å². The molecule has 170 valence electrons. The predicted octanol–water partition coefficient (Wildman–Crippen LogP) is 9.75. The lowest BCUT2D eigenvalue weighted by Crippen LogP contribution is -2.11. The van der Waals surface area contributed by atoms with Gasteiger partial charge in [-0.15, -0.1) is 0 Å². The van der Waals surface area contributed by atoms with Gasteiger partial charge in [-0.05, 0) is 56.9 Å². The van der Waals surface area contributed by atoms with Gasteiger partial charge in [0, 0.05) is 28.4 Å². The van der Waals surface area contributed by atoms with Gasteiger partial charge in [-0.2, -0.15) is 0 Å². The van der Waals surface area contributed by atoms with Crippen LogP contribution in [0.1, 0.15) is 102 Å². The molecular weight excluding hydrogens is 374 g/mol. The van der Waals surface area contributed by atoms with Crippen LogP contribution in [0.4, 0.5) is 0 Å². The summed E-state index contributed by atoms with van der Waals surface area (Å²) >= 11 is 0. The molecule has 2 aromatic carbocycles. The average molecular weight is 420 g/mol. The fourth-order valence-corrected chi connectivity index (χ4v) is 5.19. The maximum Gasteiger partial charge on any atom is 0.0491 e. The first kappa shape index (κ1) is 23.9. The minimum atomic E-state index is 0.796. The maximum atomic E-state index is 2.64. The van der Waals surface area contributed by atoms with Crippen molar-refractivity contribution in [2.24, 2.45) is 5.92 Å². The van der Waals surface area contributed by atoms with Crippen molar-refractivity contribution in [2.45, 2.75) is 111 Å². The van der Waals surface area contributed by atoms with Crippen molar-refractivity contribution < 1.29 is 0 Å². The molecule has 1 unspecified atom stereocenters. The van der Waals surface area contributed by atoms with Crippen LogP contribution < -0.4 is 0 Å². The highest BCUT2D eigenvalue weighted by Gasteiger charge is 2.16. The number of hydrogen-bond acceptors (Lipinski definition) is 0. The first-order valence-electron chi connectivity index (χ1n) is 13.1. The average Bonchev–Trinajstić information content (AvgIpc) is 3.05. The molecule has 31 heavy (non-hydrogen) atoms. The number of aromatic nitrogens is 1. The Hall–Kier alpha value is -1.76. The Morgan fingerprint density at radius 1 is 0.613 bits per heavy atom. The Morgan fingerprint density at radius 3 is 1.58 bits per heavy atom. The van der Waals surface area contributed by atoms with Crippen LogP contribution in [0, 0.1) is 19.8 Å². The number of fused-ring (bicyclic) bond motifs is 3. The standard InChI is InChI=1S/C30H45N/c1-5-7-9-11-12-14-16-26(15-13-10-8-6-2)23-31-29-19-17-24(3)21-27(29)28-22-25(4)18-20-30(28)31/h17-22,26H,5-16,23H2,1-4H3. The fraction of sp³-hybridized carbons (Fsp3) is 0.600. The van der Waals surface area contributed by atoms with Crippen LogP contribution in [0.3, 0.4) is 0 Å². The largest absolute Gasteiger partial charge is 0.340 e. The maximum absolute atomic E-state index is 2.64. The van der Waals surface area contributed by atoms with Gasteiger partial charge in [0.05, 0.1) is 0 Å². The Labute approximate surface area is 191 Å². The molecule has 0 aliphatic rings. The Kier molecular flexibility index (Phi) is 9.50. The third kappa shape index (κ3) is 6.61. The molecule has 1 aromatic heterocycles. The van der Waals surface area contributed by atoms with Crippen LogP contribution in [-0.2, 0) is 6.54 Å². The van der Waals surface area contributed by atoms with E-state index in [9.17, 15) is 0 Å². The van der Waals surface area contributed by atoms with Gasteiger partial charge in [0.25, 0.3) is 0 Å². The molecule has 1 atom stereocenters. The lowest BCUT2D eigenvalue weighted by atomic mass is 9.94. The van der Waals surface area contributed by atoms with Crippen LogP contribution in [0.5, 0.6) is 0 Å². The smallest absolute Gasteiger partial charge is 0.0491 e. The lowest BCUT2D eigenvalue weighted by molar-refractivity contribution is 0.365. The minimum Gasteiger partial charge on any atom is -0.340 e. The van der Waals surface area contributed by atoms with E-state index in [1.54, 1.807) is 0 Å². The van der Waals surface area contributed by atoms with Crippen molar-refractivity contribution >= 4 is 21.8 Å². The van der Waals surface area contributed by atoms with E-state index in [1.165, 1.54) is 117 Å². The molecule has 1 nitrogen and oxygen atoms in total. The number of rotatable bonds is 14. The number of nitrogens with zero attached hydrogens (tertiary/aromatic N) is 1. The summed E-state index contributed by atoms with van der Waals surface area (Å²) in [7, 11) is 0. The minimum absolute atomic E-state index is 0.796. The molecule has 0 spiro atoms. The molecular formula is C30H45N. The van der Waals surface area contributed by atoms with Gasteiger partial charge in [0.15, 0.2) is 0 Å². The van der Waals surface area contributed by atoms with Gasteiger partial charge >= 0.3 is 0 Å². The van der Waals surface area contributed by atoms with Gasteiger partial charge in [0.2, 0.25) is 0 Å². The van der Waals surface area contributed by atoms with E-state index >= 15 is 0 Å². The Bertz CT molecular complexity index is 873. The molecule has 0 amide bonds. The van der Waals surface area contributed by atoms with Crippen molar-refractivity contribution in [3.8, 4) is 0 Å². The molecule has 0 saturated heterocycles. The third-order valence-corrected chi connectivity index (χ3v) is 7.05. The lowest BCUT2D eigenvalue weighted by Gasteiger charge is -2.20. The van der Waals surface area contributed by atoms with Crippen LogP contribution in [-0.4, -0.2) is 4.57 Å². The van der Waals surface area contributed by atoms with Crippen LogP contribution in [0.15, 0.2) is 36.4 Å². The number of unbranched alkanes of at least 4 members (excludes halogenated alkanes) is 8. The van der Waals surface area contributed by atoms with Crippen LogP contribution >= 0.6 is 0 Å². The Morgan fingerprint density at radius 2 is 1.06 bits per heavy atom. The second kappa shape index (κ2) is 12.3. The number of benzene rings is 2. The molecule has 0 N–H and O–H groups in total. The second-order valence-corrected chi connectivity index (χ2v) is 9.92. The zero-order valence-electron chi connectivity index (χ0n) is 20.7. The van der Waals surface area contributed by atoms with E-state index in [0.29, 0.717) is 0 Å².